The quantitative estimate of drug-likeness (QED) is 0.414. The van der Waals surface area contributed by atoms with Gasteiger partial charge in [0.25, 0.3) is 0 Å². The maximum atomic E-state index is 6.03. The van der Waals surface area contributed by atoms with Crippen molar-refractivity contribution >= 4 is 50.3 Å². The minimum absolute atomic E-state index is 0.390. The summed E-state index contributed by atoms with van der Waals surface area (Å²) in [5.41, 5.74) is 9.29. The van der Waals surface area contributed by atoms with Crippen molar-refractivity contribution in [1.82, 2.24) is 24.5 Å². The summed E-state index contributed by atoms with van der Waals surface area (Å²) in [4.78, 5) is 18.0. The Morgan fingerprint density at radius 1 is 1.21 bits per heavy atom. The van der Waals surface area contributed by atoms with Gasteiger partial charge in [-0.1, -0.05) is 25.5 Å². The number of nitrogens with two attached hydrogens (primary N) is 1. The fourth-order valence-corrected chi connectivity index (χ4v) is 5.32. The van der Waals surface area contributed by atoms with Gasteiger partial charge in [-0.2, -0.15) is 0 Å². The summed E-state index contributed by atoms with van der Waals surface area (Å²) in [5.74, 6) is 0.390. The Morgan fingerprint density at radius 3 is 2.79 bits per heavy atom. The van der Waals surface area contributed by atoms with Gasteiger partial charge in [0.2, 0.25) is 0 Å². The summed E-state index contributed by atoms with van der Waals surface area (Å²) in [7, 11) is 3.26. The van der Waals surface area contributed by atoms with Gasteiger partial charge in [-0.25, -0.2) is 19.9 Å². The Balaban J connectivity index is 1.76. The Morgan fingerprint density at radius 2 is 2.03 bits per heavy atom. The molecule has 0 unspecified atom stereocenters. The van der Waals surface area contributed by atoms with Gasteiger partial charge in [0.15, 0.2) is 32.8 Å². The molecule has 0 aliphatic rings. The van der Waals surface area contributed by atoms with E-state index in [1.807, 2.05) is 18.2 Å². The molecule has 29 heavy (non-hydrogen) atoms. The zero-order valence-electron chi connectivity index (χ0n) is 16.5. The van der Waals surface area contributed by atoms with Crippen LogP contribution in [0, 0.1) is 0 Å². The zero-order valence-corrected chi connectivity index (χ0v) is 18.1. The van der Waals surface area contributed by atoms with E-state index in [1.165, 1.54) is 18.1 Å². The van der Waals surface area contributed by atoms with Crippen molar-refractivity contribution in [1.29, 1.82) is 0 Å². The molecule has 0 aliphatic heterocycles. The Labute approximate surface area is 176 Å². The Bertz CT molecular complexity index is 1140. The first-order valence-corrected chi connectivity index (χ1v) is 10.9. The number of hydrogen-bond acceptors (Lipinski definition) is 9. The first kappa shape index (κ1) is 20.0. The number of nitrogens with zero attached hydrogens (tertiary/aromatic N) is 5. The number of fused-ring (bicyclic) bond motifs is 2. The van der Waals surface area contributed by atoms with E-state index in [4.69, 9.17) is 25.2 Å². The van der Waals surface area contributed by atoms with Gasteiger partial charge in [0, 0.05) is 26.3 Å². The molecule has 0 amide bonds. The van der Waals surface area contributed by atoms with E-state index in [2.05, 4.69) is 21.5 Å². The van der Waals surface area contributed by atoms with Crippen molar-refractivity contribution in [3.63, 3.8) is 0 Å². The summed E-state index contributed by atoms with van der Waals surface area (Å²) >= 11 is 3.11. The minimum atomic E-state index is -0.429. The van der Waals surface area contributed by atoms with E-state index < -0.39 is 6.29 Å². The van der Waals surface area contributed by atoms with Crippen molar-refractivity contribution in [3.05, 3.63) is 30.1 Å². The molecule has 152 valence electrons. The van der Waals surface area contributed by atoms with Crippen LogP contribution in [0.5, 0.6) is 0 Å². The summed E-state index contributed by atoms with van der Waals surface area (Å²) in [6, 6.07) is 5.95. The number of aryl methyl sites for hydroxylation is 1. The highest BCUT2D eigenvalue weighted by Gasteiger charge is 2.20. The average Bonchev–Trinajstić information content (AvgIpc) is 3.29. The van der Waals surface area contributed by atoms with E-state index in [9.17, 15) is 0 Å². The third-order valence-corrected chi connectivity index (χ3v) is 6.72. The van der Waals surface area contributed by atoms with Gasteiger partial charge in [0.1, 0.15) is 6.33 Å². The van der Waals surface area contributed by atoms with Crippen molar-refractivity contribution in [2.75, 3.05) is 20.0 Å². The van der Waals surface area contributed by atoms with Crippen LogP contribution in [0.2, 0.25) is 0 Å². The zero-order chi connectivity index (χ0) is 20.4. The van der Waals surface area contributed by atoms with E-state index in [1.54, 1.807) is 25.6 Å². The molecule has 0 atom stereocenters. The summed E-state index contributed by atoms with van der Waals surface area (Å²) in [5, 5.41) is 0.816. The van der Waals surface area contributed by atoms with Crippen LogP contribution in [0.1, 0.15) is 31.6 Å². The molecule has 3 aromatic heterocycles. The third-order valence-electron chi connectivity index (χ3n) is 4.55. The van der Waals surface area contributed by atoms with Crippen LogP contribution in [-0.2, 0) is 16.0 Å². The van der Waals surface area contributed by atoms with Crippen molar-refractivity contribution in [2.24, 2.45) is 0 Å². The molecule has 0 spiro atoms. The average molecular weight is 431 g/mol. The number of anilines is 1. The Hall–Kier alpha value is -2.27. The topological polar surface area (TPSA) is 101 Å². The number of aromatic nitrogens is 5. The number of ether oxygens (including phenoxy) is 2. The van der Waals surface area contributed by atoms with E-state index in [0.29, 0.717) is 11.3 Å². The fourth-order valence-electron chi connectivity index (χ4n) is 3.14. The molecule has 0 radical (unpaired) electrons. The van der Waals surface area contributed by atoms with E-state index in [0.717, 1.165) is 50.3 Å². The summed E-state index contributed by atoms with van der Waals surface area (Å²) in [6.45, 7) is 2.98. The number of benzene rings is 1. The molecule has 0 saturated heterocycles. The summed E-state index contributed by atoms with van der Waals surface area (Å²) < 4.78 is 14.9. The highest BCUT2D eigenvalue weighted by atomic mass is 32.2. The second-order valence-corrected chi connectivity index (χ2v) is 8.62. The number of rotatable bonds is 8. The SMILES string of the molecule is CCCCn1c(Sc2nc3cccc(C(OC)OC)c3s2)nc2c(N)ncnc21. The second kappa shape index (κ2) is 8.62. The van der Waals surface area contributed by atoms with E-state index >= 15 is 0 Å². The molecule has 0 saturated carbocycles. The molecule has 0 aliphatic carbocycles. The molecule has 0 fully saturated rings. The van der Waals surface area contributed by atoms with Crippen LogP contribution in [0.4, 0.5) is 5.82 Å². The number of unbranched alkanes of at least 4 members (excludes halogenated alkanes) is 1. The molecular weight excluding hydrogens is 408 g/mol. The highest BCUT2D eigenvalue weighted by Crippen LogP contribution is 2.38. The lowest BCUT2D eigenvalue weighted by molar-refractivity contribution is -0.104. The molecule has 0 bridgehead atoms. The van der Waals surface area contributed by atoms with Crippen molar-refractivity contribution in [3.8, 4) is 0 Å². The maximum Gasteiger partial charge on any atom is 0.184 e. The largest absolute Gasteiger partial charge is 0.382 e. The van der Waals surface area contributed by atoms with Crippen LogP contribution in [0.25, 0.3) is 21.4 Å². The second-order valence-electron chi connectivity index (χ2n) is 6.41. The maximum absolute atomic E-state index is 6.03. The molecule has 4 aromatic rings. The number of hydrogen-bond donors (Lipinski definition) is 1. The Kier molecular flexibility index (Phi) is 5.95. The number of imidazole rings is 1. The number of thiazole rings is 1. The van der Waals surface area contributed by atoms with Crippen LogP contribution < -0.4 is 5.73 Å². The van der Waals surface area contributed by atoms with E-state index in [-0.39, 0.29) is 0 Å². The van der Waals surface area contributed by atoms with Crippen LogP contribution in [-0.4, -0.2) is 38.7 Å². The molecular formula is C19H22N6O2S2. The van der Waals surface area contributed by atoms with Gasteiger partial charge < -0.3 is 19.8 Å². The molecule has 8 nitrogen and oxygen atoms in total. The first-order valence-electron chi connectivity index (χ1n) is 9.25. The van der Waals surface area contributed by atoms with Crippen LogP contribution >= 0.6 is 23.1 Å². The van der Waals surface area contributed by atoms with Crippen LogP contribution in [0.3, 0.4) is 0 Å². The van der Waals surface area contributed by atoms with Crippen LogP contribution in [0.15, 0.2) is 34.0 Å². The lowest BCUT2D eigenvalue weighted by atomic mass is 10.2. The monoisotopic (exact) mass is 430 g/mol. The predicted molar refractivity (Wildman–Crippen MR) is 115 cm³/mol. The normalized spacial score (nSPS) is 11.9. The highest BCUT2D eigenvalue weighted by molar-refractivity contribution is 8.01. The van der Waals surface area contributed by atoms with Gasteiger partial charge in [-0.05, 0) is 24.2 Å². The third kappa shape index (κ3) is 3.80. The van der Waals surface area contributed by atoms with Gasteiger partial charge >= 0.3 is 0 Å². The molecule has 1 aromatic carbocycles. The lowest BCUT2D eigenvalue weighted by Gasteiger charge is -2.13. The van der Waals surface area contributed by atoms with Gasteiger partial charge in [-0.15, -0.1) is 11.3 Å². The number of methoxy groups -OCH3 is 2. The van der Waals surface area contributed by atoms with Crippen molar-refractivity contribution < 1.29 is 9.47 Å². The lowest BCUT2D eigenvalue weighted by Crippen LogP contribution is -2.03. The predicted octanol–water partition coefficient (Wildman–Crippen LogP) is 4.26. The van der Waals surface area contributed by atoms with Gasteiger partial charge in [-0.3, -0.25) is 0 Å². The van der Waals surface area contributed by atoms with Gasteiger partial charge in [0.05, 0.1) is 10.2 Å². The fraction of sp³-hybridized carbons (Fsp3) is 0.368. The number of nitrogen functional groups attached to an aromatic ring is 1. The molecule has 4 rings (SSSR count). The minimum Gasteiger partial charge on any atom is -0.382 e. The molecule has 2 N–H and O–H groups in total. The first-order chi connectivity index (χ1) is 14.2. The molecule has 3 heterocycles. The smallest absolute Gasteiger partial charge is 0.184 e. The molecule has 10 heteroatoms. The van der Waals surface area contributed by atoms with Crippen molar-refractivity contribution in [2.45, 2.75) is 42.1 Å². The standard InChI is InChI=1S/C19H22N6O2S2/c1-4-5-9-25-16-13(15(20)21-10-22-16)24-18(25)29-19-23-12-8-6-7-11(14(12)28-19)17(26-2)27-3/h6-8,10,17H,4-5,9H2,1-3H3,(H2,20,21,22). The summed E-state index contributed by atoms with van der Waals surface area (Å²) in [6.07, 6.45) is 3.15.